The number of likely N-dealkylation sites (N-methyl/N-ethyl adjacent to an activating group) is 1. The van der Waals surface area contributed by atoms with Gasteiger partial charge in [-0.05, 0) is 44.9 Å². The number of amides is 1. The molecule has 338 valence electrons. The van der Waals surface area contributed by atoms with Crippen LogP contribution in [-0.2, 0) is 18.4 Å². The second-order valence-corrected chi connectivity index (χ2v) is 19.2. The van der Waals surface area contributed by atoms with Crippen molar-refractivity contribution in [1.82, 2.24) is 5.32 Å². The minimum atomic E-state index is -4.58. The summed E-state index contributed by atoms with van der Waals surface area (Å²) < 4.78 is 23.1. The van der Waals surface area contributed by atoms with Crippen LogP contribution in [0.1, 0.15) is 226 Å². The molecule has 0 aromatic rings. The van der Waals surface area contributed by atoms with Gasteiger partial charge in [0.2, 0.25) is 5.91 Å². The maximum atomic E-state index is 12.8. The van der Waals surface area contributed by atoms with Crippen molar-refractivity contribution in [3.05, 3.63) is 24.3 Å². The molecule has 0 aromatic heterocycles. The Kier molecular flexibility index (Phi) is 39.7. The summed E-state index contributed by atoms with van der Waals surface area (Å²) >= 11 is 0. The van der Waals surface area contributed by atoms with Gasteiger partial charge in [-0.25, -0.2) is 0 Å². The van der Waals surface area contributed by atoms with Crippen LogP contribution in [0, 0.1) is 0 Å². The molecule has 0 aliphatic rings. The van der Waals surface area contributed by atoms with Crippen LogP contribution in [0.5, 0.6) is 0 Å². The third-order valence-electron chi connectivity index (χ3n) is 10.9. The first-order valence-corrected chi connectivity index (χ1v) is 25.7. The predicted molar refractivity (Wildman–Crippen MR) is 242 cm³/mol. The molecule has 0 saturated heterocycles. The van der Waals surface area contributed by atoms with Gasteiger partial charge < -0.3 is 28.8 Å². The van der Waals surface area contributed by atoms with Gasteiger partial charge in [-0.2, -0.15) is 0 Å². The van der Waals surface area contributed by atoms with Gasteiger partial charge in [0.15, 0.2) is 0 Å². The smallest absolute Gasteiger partial charge is 0.268 e. The summed E-state index contributed by atoms with van der Waals surface area (Å²) in [5, 5.41) is 13.7. The third kappa shape index (κ3) is 42.9. The summed E-state index contributed by atoms with van der Waals surface area (Å²) in [6, 6.07) is -0.882. The van der Waals surface area contributed by atoms with Crippen LogP contribution in [0.3, 0.4) is 0 Å². The highest BCUT2D eigenvalue weighted by atomic mass is 31.2. The van der Waals surface area contributed by atoms with E-state index < -0.39 is 20.0 Å². The van der Waals surface area contributed by atoms with Gasteiger partial charge >= 0.3 is 0 Å². The fraction of sp³-hybridized carbons (Fsp3) is 0.896. The Labute approximate surface area is 354 Å². The normalized spacial score (nSPS) is 14.4. The molecule has 3 unspecified atom stereocenters. The monoisotopic (exact) mass is 827 g/mol. The largest absolute Gasteiger partial charge is 0.756 e. The van der Waals surface area contributed by atoms with Crippen LogP contribution < -0.4 is 10.2 Å². The lowest BCUT2D eigenvalue weighted by molar-refractivity contribution is -0.870. The number of phosphoric acid groups is 1. The van der Waals surface area contributed by atoms with Crippen LogP contribution in [0.2, 0.25) is 0 Å². The van der Waals surface area contributed by atoms with Gasteiger partial charge in [0, 0.05) is 6.42 Å². The Morgan fingerprint density at radius 2 is 0.965 bits per heavy atom. The lowest BCUT2D eigenvalue weighted by atomic mass is 10.0. The van der Waals surface area contributed by atoms with Crippen molar-refractivity contribution < 1.29 is 32.9 Å². The van der Waals surface area contributed by atoms with Crippen molar-refractivity contribution in [2.75, 3.05) is 40.9 Å². The van der Waals surface area contributed by atoms with Crippen molar-refractivity contribution in [1.29, 1.82) is 0 Å². The van der Waals surface area contributed by atoms with E-state index in [0.717, 1.165) is 38.5 Å². The summed E-state index contributed by atoms with van der Waals surface area (Å²) in [5.41, 5.74) is 0. The lowest BCUT2D eigenvalue weighted by Crippen LogP contribution is -2.45. The molecule has 2 N–H and O–H groups in total. The molecule has 9 heteroatoms. The molecule has 0 fully saturated rings. The minimum absolute atomic E-state index is 0.000366. The average Bonchev–Trinajstić information content (AvgIpc) is 3.16. The molecule has 0 saturated carbocycles. The third-order valence-corrected chi connectivity index (χ3v) is 11.9. The van der Waals surface area contributed by atoms with Gasteiger partial charge in [0.25, 0.3) is 7.82 Å². The van der Waals surface area contributed by atoms with Crippen LogP contribution in [0.25, 0.3) is 0 Å². The van der Waals surface area contributed by atoms with E-state index in [1.54, 1.807) is 6.08 Å². The number of carbonyl (C=O) groups is 1. The van der Waals surface area contributed by atoms with Gasteiger partial charge in [-0.3, -0.25) is 9.36 Å². The first-order valence-electron chi connectivity index (χ1n) is 24.2. The zero-order valence-electron chi connectivity index (χ0n) is 38.3. The van der Waals surface area contributed by atoms with E-state index in [2.05, 4.69) is 31.3 Å². The molecular formula is C48H95N2O6P. The van der Waals surface area contributed by atoms with E-state index in [1.807, 2.05) is 27.2 Å². The maximum Gasteiger partial charge on any atom is 0.268 e. The number of aliphatic hydroxyl groups excluding tert-OH is 1. The molecular weight excluding hydrogens is 732 g/mol. The zero-order chi connectivity index (χ0) is 42.1. The van der Waals surface area contributed by atoms with Crippen molar-refractivity contribution in [2.24, 2.45) is 0 Å². The minimum Gasteiger partial charge on any atom is -0.756 e. The molecule has 0 radical (unpaired) electrons. The summed E-state index contributed by atoms with van der Waals surface area (Å²) in [7, 11) is 1.26. The van der Waals surface area contributed by atoms with Gasteiger partial charge in [-0.1, -0.05) is 199 Å². The number of quaternary nitrogens is 1. The molecule has 0 aliphatic carbocycles. The highest BCUT2D eigenvalue weighted by molar-refractivity contribution is 7.45. The maximum absolute atomic E-state index is 12.8. The Morgan fingerprint density at radius 3 is 1.37 bits per heavy atom. The van der Waals surface area contributed by atoms with Crippen LogP contribution in [0.4, 0.5) is 0 Å². The summed E-state index contributed by atoms with van der Waals surface area (Å²) in [4.78, 5) is 25.3. The van der Waals surface area contributed by atoms with Gasteiger partial charge in [-0.15, -0.1) is 0 Å². The summed E-state index contributed by atoms with van der Waals surface area (Å²) in [5.74, 6) is -0.200. The highest BCUT2D eigenvalue weighted by Gasteiger charge is 2.23. The molecule has 0 rings (SSSR count). The topological polar surface area (TPSA) is 108 Å². The number of phosphoric ester groups is 1. The van der Waals surface area contributed by atoms with Gasteiger partial charge in [0.1, 0.15) is 13.2 Å². The molecule has 0 bridgehead atoms. The zero-order valence-corrected chi connectivity index (χ0v) is 39.2. The molecule has 0 spiro atoms. The van der Waals surface area contributed by atoms with Crippen molar-refractivity contribution in [2.45, 2.75) is 238 Å². The molecule has 0 heterocycles. The van der Waals surface area contributed by atoms with Crippen LogP contribution in [-0.4, -0.2) is 68.5 Å². The fourth-order valence-electron chi connectivity index (χ4n) is 7.03. The highest BCUT2D eigenvalue weighted by Crippen LogP contribution is 2.38. The summed E-state index contributed by atoms with van der Waals surface area (Å²) in [6.45, 7) is 4.62. The molecule has 3 atom stereocenters. The molecule has 1 amide bonds. The summed E-state index contributed by atoms with van der Waals surface area (Å²) in [6.07, 6.45) is 48.2. The fourth-order valence-corrected chi connectivity index (χ4v) is 7.75. The molecule has 0 aromatic carbocycles. The quantitative estimate of drug-likeness (QED) is 0.0274. The van der Waals surface area contributed by atoms with Crippen molar-refractivity contribution in [3.63, 3.8) is 0 Å². The number of hydrogen-bond acceptors (Lipinski definition) is 6. The van der Waals surface area contributed by atoms with E-state index in [9.17, 15) is 19.4 Å². The number of aliphatic hydroxyl groups is 1. The van der Waals surface area contributed by atoms with E-state index in [4.69, 9.17) is 9.05 Å². The number of nitrogens with one attached hydrogen (secondary N) is 1. The van der Waals surface area contributed by atoms with E-state index in [0.29, 0.717) is 17.4 Å². The number of carbonyl (C=O) groups excluding carboxylic acids is 1. The van der Waals surface area contributed by atoms with Crippen molar-refractivity contribution in [3.8, 4) is 0 Å². The van der Waals surface area contributed by atoms with E-state index >= 15 is 0 Å². The molecule has 0 aliphatic heterocycles. The second-order valence-electron chi connectivity index (χ2n) is 17.8. The number of nitrogens with zero attached hydrogens (tertiary/aromatic N) is 1. The second kappa shape index (κ2) is 40.4. The Bertz CT molecular complexity index is 984. The van der Waals surface area contributed by atoms with Gasteiger partial charge in [0.05, 0.1) is 39.9 Å². The van der Waals surface area contributed by atoms with E-state index in [1.165, 1.54) is 167 Å². The average molecular weight is 827 g/mol. The van der Waals surface area contributed by atoms with E-state index in [-0.39, 0.29) is 19.1 Å². The Balaban J connectivity index is 4.10. The van der Waals surface area contributed by atoms with Crippen LogP contribution in [0.15, 0.2) is 24.3 Å². The predicted octanol–water partition coefficient (Wildman–Crippen LogP) is 13.1. The number of unbranched alkanes of at least 4 members (excludes halogenated alkanes) is 29. The first kappa shape index (κ1) is 56.0. The number of allylic oxidation sites excluding steroid dienone is 3. The number of hydrogen-bond donors (Lipinski definition) is 2. The molecule has 8 nitrogen and oxygen atoms in total. The van der Waals surface area contributed by atoms with Crippen molar-refractivity contribution >= 4 is 13.7 Å². The Hall–Kier alpha value is -1.02. The van der Waals surface area contributed by atoms with Crippen LogP contribution >= 0.6 is 7.82 Å². The SMILES string of the molecule is CCCCCCCCC/C=C/C(O)C(COP(=O)([O-])OCC[N+](C)(C)C)NC(=O)CCCCCCCCCCCC/C=C\CCCCCCCCCCCCCC. The molecule has 57 heavy (non-hydrogen) atoms. The standard InChI is InChI=1S/C48H95N2O6P/c1-6-8-10-12-14-16-17-18-19-20-21-22-23-24-25-26-27-28-29-30-31-32-34-36-38-40-42-48(52)49-46(45-56-57(53,54)55-44-43-50(3,4)5)47(51)41-39-37-35-33-15-13-11-9-7-2/h24-25,39,41,46-47,51H,6-23,26-38,40,42-45H2,1-5H3,(H-,49,52,53,54)/b25-24-,41-39+. The first-order chi connectivity index (χ1) is 27.5. The number of rotatable bonds is 44. The Morgan fingerprint density at radius 1 is 0.596 bits per heavy atom. The lowest BCUT2D eigenvalue weighted by Gasteiger charge is -2.29.